The van der Waals surface area contributed by atoms with Crippen molar-refractivity contribution < 1.29 is 4.79 Å². The maximum absolute atomic E-state index is 10.9. The minimum atomic E-state index is -0.163. The minimum Gasteiger partial charge on any atom is -0.330 e. The largest absolute Gasteiger partial charge is 0.330 e. The van der Waals surface area contributed by atoms with Crippen LogP contribution in [0.4, 0.5) is 5.95 Å². The number of nitrogens with zero attached hydrogens (tertiary/aromatic N) is 2. The predicted molar refractivity (Wildman–Crippen MR) is 58.8 cm³/mol. The van der Waals surface area contributed by atoms with E-state index in [2.05, 4.69) is 15.3 Å². The summed E-state index contributed by atoms with van der Waals surface area (Å²) in [5.74, 6) is 0.152. The van der Waals surface area contributed by atoms with Crippen molar-refractivity contribution >= 4 is 36.7 Å². The predicted octanol–water partition coefficient (Wildman–Crippen LogP) is 0.607. The fourth-order valence-corrected chi connectivity index (χ4v) is 0.682. The lowest BCUT2D eigenvalue weighted by Gasteiger charge is -1.99. The number of hydrogen-bond donors (Lipinski definition) is 2. The topological polar surface area (TPSA) is 80.9 Å². The van der Waals surface area contributed by atoms with Gasteiger partial charge in [0.2, 0.25) is 11.9 Å². The van der Waals surface area contributed by atoms with Gasteiger partial charge >= 0.3 is 0 Å². The van der Waals surface area contributed by atoms with Gasteiger partial charge in [-0.1, -0.05) is 0 Å². The Morgan fingerprint density at radius 3 is 2.43 bits per heavy atom. The standard InChI is InChI=1S/C7H10N4O.2ClH/c8-3-2-6(12)11-7-9-4-1-5-10-7;;/h1,4-5H,2-3,8H2,(H,9,10,11,12);2*1H. The molecule has 0 aliphatic carbocycles. The molecule has 0 aromatic carbocycles. The molecule has 1 amide bonds. The van der Waals surface area contributed by atoms with Gasteiger partial charge in [0, 0.05) is 25.4 Å². The van der Waals surface area contributed by atoms with Crippen LogP contribution in [0, 0.1) is 0 Å². The van der Waals surface area contributed by atoms with Crippen LogP contribution < -0.4 is 11.1 Å². The van der Waals surface area contributed by atoms with E-state index in [0.29, 0.717) is 12.5 Å². The summed E-state index contributed by atoms with van der Waals surface area (Å²) in [6.07, 6.45) is 3.41. The molecule has 0 atom stereocenters. The number of carbonyl (C=O) groups excluding carboxylic acids is 1. The van der Waals surface area contributed by atoms with E-state index in [1.165, 1.54) is 0 Å². The third-order valence-electron chi connectivity index (χ3n) is 1.19. The SMILES string of the molecule is Cl.Cl.NCCC(=O)Nc1ncccn1. The van der Waals surface area contributed by atoms with Crippen molar-refractivity contribution in [1.82, 2.24) is 9.97 Å². The van der Waals surface area contributed by atoms with Crippen LogP contribution in [-0.4, -0.2) is 22.4 Å². The Morgan fingerprint density at radius 1 is 1.36 bits per heavy atom. The fraction of sp³-hybridized carbons (Fsp3) is 0.286. The molecule has 0 radical (unpaired) electrons. The van der Waals surface area contributed by atoms with Crippen LogP contribution in [0.15, 0.2) is 18.5 Å². The lowest BCUT2D eigenvalue weighted by molar-refractivity contribution is -0.116. The molecule has 0 saturated carbocycles. The molecule has 7 heteroatoms. The van der Waals surface area contributed by atoms with Crippen LogP contribution in [0.25, 0.3) is 0 Å². The molecular formula is C7H12Cl2N4O. The molecule has 3 N–H and O–H groups in total. The maximum atomic E-state index is 10.9. The monoisotopic (exact) mass is 238 g/mol. The van der Waals surface area contributed by atoms with Gasteiger partial charge in [-0.25, -0.2) is 9.97 Å². The van der Waals surface area contributed by atoms with E-state index in [-0.39, 0.29) is 37.1 Å². The highest BCUT2D eigenvalue weighted by molar-refractivity contribution is 5.88. The molecule has 1 aromatic heterocycles. The van der Waals surface area contributed by atoms with Crippen LogP contribution in [0.3, 0.4) is 0 Å². The third-order valence-corrected chi connectivity index (χ3v) is 1.19. The molecule has 1 aromatic rings. The molecule has 0 bridgehead atoms. The van der Waals surface area contributed by atoms with Crippen molar-refractivity contribution in [3.8, 4) is 0 Å². The van der Waals surface area contributed by atoms with Crippen molar-refractivity contribution in [2.75, 3.05) is 11.9 Å². The highest BCUT2D eigenvalue weighted by Gasteiger charge is 2.00. The van der Waals surface area contributed by atoms with E-state index in [9.17, 15) is 4.79 Å². The van der Waals surface area contributed by atoms with Crippen molar-refractivity contribution in [1.29, 1.82) is 0 Å². The van der Waals surface area contributed by atoms with Crippen LogP contribution >= 0.6 is 24.8 Å². The summed E-state index contributed by atoms with van der Waals surface area (Å²) in [5.41, 5.74) is 5.18. The summed E-state index contributed by atoms with van der Waals surface area (Å²) in [5, 5.41) is 2.50. The van der Waals surface area contributed by atoms with Crippen LogP contribution in [0.2, 0.25) is 0 Å². The smallest absolute Gasteiger partial charge is 0.229 e. The molecule has 0 aliphatic heterocycles. The van der Waals surface area contributed by atoms with Crippen LogP contribution in [0.1, 0.15) is 6.42 Å². The van der Waals surface area contributed by atoms with Crippen LogP contribution in [0.5, 0.6) is 0 Å². The summed E-state index contributed by atoms with van der Waals surface area (Å²) >= 11 is 0. The average molecular weight is 239 g/mol. The lowest BCUT2D eigenvalue weighted by atomic mass is 10.4. The van der Waals surface area contributed by atoms with Gasteiger partial charge in [-0.3, -0.25) is 10.1 Å². The zero-order valence-electron chi connectivity index (χ0n) is 7.34. The average Bonchev–Trinajstić information content (AvgIpc) is 2.06. The van der Waals surface area contributed by atoms with E-state index < -0.39 is 0 Å². The van der Waals surface area contributed by atoms with E-state index in [4.69, 9.17) is 5.73 Å². The zero-order valence-corrected chi connectivity index (χ0v) is 8.98. The van der Waals surface area contributed by atoms with E-state index >= 15 is 0 Å². The van der Waals surface area contributed by atoms with Gasteiger partial charge in [-0.05, 0) is 6.07 Å². The van der Waals surface area contributed by atoms with Gasteiger partial charge in [-0.15, -0.1) is 24.8 Å². The number of amides is 1. The molecule has 1 rings (SSSR count). The second-order valence-corrected chi connectivity index (χ2v) is 2.16. The number of rotatable bonds is 3. The Hall–Kier alpha value is -0.910. The quantitative estimate of drug-likeness (QED) is 0.809. The molecule has 0 spiro atoms. The first-order chi connectivity index (χ1) is 5.83. The number of nitrogens with two attached hydrogens (primary N) is 1. The van der Waals surface area contributed by atoms with Gasteiger partial charge in [0.05, 0.1) is 0 Å². The number of aromatic nitrogens is 2. The summed E-state index contributed by atoms with van der Waals surface area (Å²) in [4.78, 5) is 18.6. The number of halogens is 2. The molecule has 1 heterocycles. The highest BCUT2D eigenvalue weighted by Crippen LogP contribution is 1.94. The van der Waals surface area contributed by atoms with Gasteiger partial charge in [-0.2, -0.15) is 0 Å². The van der Waals surface area contributed by atoms with E-state index in [1.54, 1.807) is 18.5 Å². The van der Waals surface area contributed by atoms with E-state index in [0.717, 1.165) is 0 Å². The molecule has 80 valence electrons. The van der Waals surface area contributed by atoms with Crippen molar-refractivity contribution in [3.05, 3.63) is 18.5 Å². The third kappa shape index (κ3) is 5.69. The normalized spacial score (nSPS) is 8.07. The minimum absolute atomic E-state index is 0. The number of carbonyl (C=O) groups is 1. The van der Waals surface area contributed by atoms with Crippen molar-refractivity contribution in [3.63, 3.8) is 0 Å². The number of hydrogen-bond acceptors (Lipinski definition) is 4. The molecular weight excluding hydrogens is 227 g/mol. The first kappa shape index (κ1) is 15.6. The molecule has 0 fully saturated rings. The second-order valence-electron chi connectivity index (χ2n) is 2.16. The van der Waals surface area contributed by atoms with Crippen LogP contribution in [-0.2, 0) is 4.79 Å². The lowest BCUT2D eigenvalue weighted by Crippen LogP contribution is -2.17. The zero-order chi connectivity index (χ0) is 8.81. The molecule has 5 nitrogen and oxygen atoms in total. The molecule has 14 heavy (non-hydrogen) atoms. The number of anilines is 1. The van der Waals surface area contributed by atoms with Crippen molar-refractivity contribution in [2.24, 2.45) is 5.73 Å². The summed E-state index contributed by atoms with van der Waals surface area (Å²) in [6.45, 7) is 0.332. The number of nitrogens with one attached hydrogen (secondary N) is 1. The Morgan fingerprint density at radius 2 is 1.93 bits per heavy atom. The highest BCUT2D eigenvalue weighted by atomic mass is 35.5. The van der Waals surface area contributed by atoms with Gasteiger partial charge < -0.3 is 5.73 Å². The van der Waals surface area contributed by atoms with Crippen molar-refractivity contribution in [2.45, 2.75) is 6.42 Å². The maximum Gasteiger partial charge on any atom is 0.229 e. The molecule has 0 unspecified atom stereocenters. The van der Waals surface area contributed by atoms with Gasteiger partial charge in [0.1, 0.15) is 0 Å². The van der Waals surface area contributed by atoms with E-state index in [1.807, 2.05) is 0 Å². The summed E-state index contributed by atoms with van der Waals surface area (Å²) < 4.78 is 0. The molecule has 0 aliphatic rings. The molecule has 0 saturated heterocycles. The van der Waals surface area contributed by atoms with Gasteiger partial charge in [0.15, 0.2) is 0 Å². The summed E-state index contributed by atoms with van der Waals surface area (Å²) in [6, 6.07) is 1.68. The Kier molecular flexibility index (Phi) is 9.64. The second kappa shape index (κ2) is 8.68. The first-order valence-corrected chi connectivity index (χ1v) is 3.60. The Bertz CT molecular complexity index is 257. The first-order valence-electron chi connectivity index (χ1n) is 3.60. The summed E-state index contributed by atoms with van der Waals surface area (Å²) in [7, 11) is 0. The fourth-order valence-electron chi connectivity index (χ4n) is 0.682. The Labute approximate surface area is 94.3 Å². The van der Waals surface area contributed by atoms with Gasteiger partial charge in [0.25, 0.3) is 0 Å². The Balaban J connectivity index is 0.